The summed E-state index contributed by atoms with van der Waals surface area (Å²) in [4.78, 5) is 12.1. The maximum atomic E-state index is 12.1. The fourth-order valence-corrected chi connectivity index (χ4v) is 2.16. The molecule has 1 heterocycles. The van der Waals surface area contributed by atoms with Crippen molar-refractivity contribution >= 4 is 11.6 Å². The van der Waals surface area contributed by atoms with E-state index in [-0.39, 0.29) is 24.0 Å². The number of aliphatic hydroxyl groups is 1. The van der Waals surface area contributed by atoms with Crippen molar-refractivity contribution in [2.75, 3.05) is 18.5 Å². The normalized spacial score (nSPS) is 19.5. The van der Waals surface area contributed by atoms with Gasteiger partial charge in [0, 0.05) is 24.3 Å². The van der Waals surface area contributed by atoms with E-state index in [0.717, 1.165) is 18.5 Å². The van der Waals surface area contributed by atoms with E-state index in [0.29, 0.717) is 6.54 Å². The van der Waals surface area contributed by atoms with Crippen LogP contribution in [0.25, 0.3) is 0 Å². The second kappa shape index (κ2) is 5.72. The van der Waals surface area contributed by atoms with Crippen LogP contribution in [0.4, 0.5) is 5.69 Å². The highest BCUT2D eigenvalue weighted by atomic mass is 16.3. The van der Waals surface area contributed by atoms with Gasteiger partial charge >= 0.3 is 0 Å². The number of benzene rings is 1. The molecule has 1 amide bonds. The molecule has 0 fully saturated rings. The van der Waals surface area contributed by atoms with Crippen LogP contribution in [0.2, 0.25) is 0 Å². The third-order valence-electron chi connectivity index (χ3n) is 3.55. The number of carbonyl (C=O) groups excluding carboxylic acids is 1. The lowest BCUT2D eigenvalue weighted by molar-refractivity contribution is -0.118. The molecule has 1 unspecified atom stereocenters. The average Bonchev–Trinajstić information content (AvgIpc) is 2.55. The van der Waals surface area contributed by atoms with Crippen LogP contribution < -0.4 is 10.6 Å². The summed E-state index contributed by atoms with van der Waals surface area (Å²) in [5, 5.41) is 15.5. The van der Waals surface area contributed by atoms with Gasteiger partial charge in [-0.2, -0.15) is 0 Å². The summed E-state index contributed by atoms with van der Waals surface area (Å²) in [6.45, 7) is 4.68. The van der Waals surface area contributed by atoms with E-state index in [1.54, 1.807) is 0 Å². The standard InChI is InChI=1S/C15H22N2O2/c1-15(2,10-18)9-16-13-8-7-11-5-3-4-6-12(11)17-14(13)19/h3-6,13,16,18H,7-10H2,1-2H3,(H,17,19). The van der Waals surface area contributed by atoms with E-state index < -0.39 is 0 Å². The van der Waals surface area contributed by atoms with E-state index in [1.807, 2.05) is 32.0 Å². The van der Waals surface area contributed by atoms with Crippen molar-refractivity contribution in [2.45, 2.75) is 32.7 Å². The van der Waals surface area contributed by atoms with Gasteiger partial charge in [0.2, 0.25) is 5.91 Å². The SMILES string of the molecule is CC(C)(CO)CNC1CCc2ccccc2NC1=O. The molecule has 4 heteroatoms. The predicted molar refractivity (Wildman–Crippen MR) is 76.1 cm³/mol. The smallest absolute Gasteiger partial charge is 0.241 e. The first-order valence-corrected chi connectivity index (χ1v) is 6.75. The molecule has 4 nitrogen and oxygen atoms in total. The zero-order valence-electron chi connectivity index (χ0n) is 11.6. The van der Waals surface area contributed by atoms with Crippen molar-refractivity contribution in [3.8, 4) is 0 Å². The molecule has 104 valence electrons. The molecular weight excluding hydrogens is 240 g/mol. The molecule has 0 radical (unpaired) electrons. The third-order valence-corrected chi connectivity index (χ3v) is 3.55. The Balaban J connectivity index is 2.01. The van der Waals surface area contributed by atoms with Crippen LogP contribution in [0.15, 0.2) is 24.3 Å². The lowest BCUT2D eigenvalue weighted by Crippen LogP contribution is -2.44. The van der Waals surface area contributed by atoms with E-state index >= 15 is 0 Å². The molecule has 1 aromatic rings. The van der Waals surface area contributed by atoms with E-state index in [9.17, 15) is 9.90 Å². The highest BCUT2D eigenvalue weighted by Crippen LogP contribution is 2.22. The summed E-state index contributed by atoms with van der Waals surface area (Å²) < 4.78 is 0. The molecule has 1 atom stereocenters. The van der Waals surface area contributed by atoms with Crippen LogP contribution in [-0.4, -0.2) is 30.2 Å². The molecule has 19 heavy (non-hydrogen) atoms. The Morgan fingerprint density at radius 1 is 1.42 bits per heavy atom. The summed E-state index contributed by atoms with van der Waals surface area (Å²) >= 11 is 0. The number of aliphatic hydroxyl groups excluding tert-OH is 1. The summed E-state index contributed by atoms with van der Waals surface area (Å²) in [6, 6.07) is 7.72. The fourth-order valence-electron chi connectivity index (χ4n) is 2.16. The fraction of sp³-hybridized carbons (Fsp3) is 0.533. The summed E-state index contributed by atoms with van der Waals surface area (Å²) in [5.74, 6) is 0.0127. The lowest BCUT2D eigenvalue weighted by Gasteiger charge is -2.25. The third kappa shape index (κ3) is 3.55. The van der Waals surface area contributed by atoms with Crippen LogP contribution in [-0.2, 0) is 11.2 Å². The second-order valence-electron chi connectivity index (χ2n) is 5.94. The monoisotopic (exact) mass is 262 g/mol. The Bertz CT molecular complexity index is 457. The molecule has 0 spiro atoms. The van der Waals surface area contributed by atoms with Gasteiger partial charge in [-0.1, -0.05) is 32.0 Å². The molecule has 0 aromatic heterocycles. The number of amides is 1. The van der Waals surface area contributed by atoms with Gasteiger partial charge in [0.05, 0.1) is 6.04 Å². The largest absolute Gasteiger partial charge is 0.396 e. The zero-order valence-corrected chi connectivity index (χ0v) is 11.6. The van der Waals surface area contributed by atoms with Gasteiger partial charge in [0.1, 0.15) is 0 Å². The number of hydrogen-bond donors (Lipinski definition) is 3. The Labute approximate surface area is 114 Å². The van der Waals surface area contributed by atoms with Gasteiger partial charge in [0.15, 0.2) is 0 Å². The van der Waals surface area contributed by atoms with E-state index in [2.05, 4.69) is 16.7 Å². The summed E-state index contributed by atoms with van der Waals surface area (Å²) in [6.07, 6.45) is 1.66. The molecule has 0 saturated carbocycles. The Morgan fingerprint density at radius 3 is 2.89 bits per heavy atom. The van der Waals surface area contributed by atoms with Crippen molar-refractivity contribution in [3.05, 3.63) is 29.8 Å². The van der Waals surface area contributed by atoms with Crippen molar-refractivity contribution in [2.24, 2.45) is 5.41 Å². The Morgan fingerprint density at radius 2 is 2.16 bits per heavy atom. The number of fused-ring (bicyclic) bond motifs is 1. The number of aryl methyl sites for hydroxylation is 1. The number of rotatable bonds is 4. The maximum absolute atomic E-state index is 12.1. The van der Waals surface area contributed by atoms with Crippen LogP contribution in [0.1, 0.15) is 25.8 Å². The first kappa shape index (κ1) is 14.0. The van der Waals surface area contributed by atoms with Gasteiger partial charge in [-0.25, -0.2) is 0 Å². The molecule has 0 aliphatic carbocycles. The second-order valence-corrected chi connectivity index (χ2v) is 5.94. The average molecular weight is 262 g/mol. The van der Waals surface area contributed by atoms with Gasteiger partial charge < -0.3 is 15.7 Å². The van der Waals surface area contributed by atoms with Crippen LogP contribution in [0.3, 0.4) is 0 Å². The molecule has 0 bridgehead atoms. The first-order valence-electron chi connectivity index (χ1n) is 6.75. The zero-order chi connectivity index (χ0) is 13.9. The molecule has 1 aromatic carbocycles. The van der Waals surface area contributed by atoms with Crippen LogP contribution in [0, 0.1) is 5.41 Å². The predicted octanol–water partition coefficient (Wildman–Crippen LogP) is 1.55. The van der Waals surface area contributed by atoms with Crippen LogP contribution in [0.5, 0.6) is 0 Å². The van der Waals surface area contributed by atoms with E-state index in [1.165, 1.54) is 5.56 Å². The summed E-state index contributed by atoms with van der Waals surface area (Å²) in [5.41, 5.74) is 1.89. The minimum Gasteiger partial charge on any atom is -0.396 e. The van der Waals surface area contributed by atoms with Gasteiger partial charge in [-0.15, -0.1) is 0 Å². The molecule has 2 rings (SSSR count). The molecule has 1 aliphatic rings. The first-order chi connectivity index (χ1) is 9.02. The summed E-state index contributed by atoms with van der Waals surface area (Å²) in [7, 11) is 0. The highest BCUT2D eigenvalue weighted by molar-refractivity contribution is 5.96. The highest BCUT2D eigenvalue weighted by Gasteiger charge is 2.25. The van der Waals surface area contributed by atoms with Gasteiger partial charge in [-0.05, 0) is 24.5 Å². The van der Waals surface area contributed by atoms with Crippen molar-refractivity contribution < 1.29 is 9.90 Å². The Kier molecular flexibility index (Phi) is 4.22. The number of nitrogens with one attached hydrogen (secondary N) is 2. The molecule has 3 N–H and O–H groups in total. The van der Waals surface area contributed by atoms with Crippen molar-refractivity contribution in [1.82, 2.24) is 5.32 Å². The maximum Gasteiger partial charge on any atom is 0.241 e. The number of carbonyl (C=O) groups is 1. The van der Waals surface area contributed by atoms with Crippen LogP contribution >= 0.6 is 0 Å². The number of hydrogen-bond acceptors (Lipinski definition) is 3. The van der Waals surface area contributed by atoms with E-state index in [4.69, 9.17) is 0 Å². The van der Waals surface area contributed by atoms with Gasteiger partial charge in [0.25, 0.3) is 0 Å². The van der Waals surface area contributed by atoms with Crippen molar-refractivity contribution in [3.63, 3.8) is 0 Å². The minimum absolute atomic E-state index is 0.0127. The molecule has 0 saturated heterocycles. The quantitative estimate of drug-likeness (QED) is 0.771. The Hall–Kier alpha value is -1.39. The topological polar surface area (TPSA) is 61.4 Å². The lowest BCUT2D eigenvalue weighted by atomic mass is 9.94. The van der Waals surface area contributed by atoms with Crippen molar-refractivity contribution in [1.29, 1.82) is 0 Å². The van der Waals surface area contributed by atoms with Gasteiger partial charge in [-0.3, -0.25) is 4.79 Å². The minimum atomic E-state index is -0.209. The molecular formula is C15H22N2O2. The number of anilines is 1. The molecule has 1 aliphatic heterocycles. The number of para-hydroxylation sites is 1.